The Labute approximate surface area is 180 Å². The summed E-state index contributed by atoms with van der Waals surface area (Å²) in [5, 5.41) is 0.786. The molecule has 2 heterocycles. The molecule has 30 heavy (non-hydrogen) atoms. The molecule has 4 aromatic rings. The zero-order valence-electron chi connectivity index (χ0n) is 16.2. The summed E-state index contributed by atoms with van der Waals surface area (Å²) in [5.74, 6) is 0.752. The summed E-state index contributed by atoms with van der Waals surface area (Å²) in [5.41, 5.74) is 3.97. The molecule has 0 aliphatic heterocycles. The second-order valence-corrected chi connectivity index (χ2v) is 9.89. The zero-order chi connectivity index (χ0) is 20.8. The number of sulfone groups is 1. The molecule has 1 N–H and O–H groups in total. The summed E-state index contributed by atoms with van der Waals surface area (Å²) >= 11 is 1.54. The van der Waals surface area contributed by atoms with E-state index in [-0.39, 0.29) is 5.75 Å². The minimum Gasteiger partial charge on any atom is -0.332 e. The molecule has 0 fully saturated rings. The Hall–Kier alpha value is -2.90. The fraction of sp³-hybridized carbons (Fsp3) is 0.130. The summed E-state index contributed by atoms with van der Waals surface area (Å²) in [4.78, 5) is 12.4. The molecule has 4 rings (SSSR count). The first kappa shape index (κ1) is 20.4. The van der Waals surface area contributed by atoms with Crippen molar-refractivity contribution in [3.8, 4) is 22.5 Å². The topological polar surface area (TPSA) is 75.7 Å². The first-order chi connectivity index (χ1) is 14.6. The smallest absolute Gasteiger partial charge is 0.178 e. The third-order valence-corrected chi connectivity index (χ3v) is 7.37. The van der Waals surface area contributed by atoms with Gasteiger partial charge in [-0.25, -0.2) is 13.4 Å². The van der Waals surface area contributed by atoms with Gasteiger partial charge in [0.1, 0.15) is 0 Å². The first-order valence-corrected chi connectivity index (χ1v) is 12.2. The van der Waals surface area contributed by atoms with Gasteiger partial charge in [-0.1, -0.05) is 72.4 Å². The molecule has 2 aromatic carbocycles. The Kier molecular flexibility index (Phi) is 6.30. The van der Waals surface area contributed by atoms with Gasteiger partial charge in [-0.15, -0.1) is 0 Å². The van der Waals surface area contributed by atoms with Crippen molar-refractivity contribution in [1.82, 2.24) is 15.0 Å². The van der Waals surface area contributed by atoms with Crippen molar-refractivity contribution in [3.05, 3.63) is 85.2 Å². The van der Waals surface area contributed by atoms with E-state index in [2.05, 4.69) is 22.1 Å². The minimum atomic E-state index is -3.29. The van der Waals surface area contributed by atoms with Crippen LogP contribution in [0.25, 0.3) is 22.5 Å². The lowest BCUT2D eigenvalue weighted by molar-refractivity contribution is 0.594. The normalized spacial score (nSPS) is 11.5. The number of thioether (sulfide) groups is 1. The van der Waals surface area contributed by atoms with E-state index in [0.29, 0.717) is 17.1 Å². The van der Waals surface area contributed by atoms with Crippen molar-refractivity contribution in [2.75, 3.05) is 11.5 Å². The highest BCUT2D eigenvalue weighted by Gasteiger charge is 2.16. The fourth-order valence-corrected chi connectivity index (χ4v) is 5.41. The van der Waals surface area contributed by atoms with Gasteiger partial charge in [-0.3, -0.25) is 4.98 Å². The molecule has 0 amide bonds. The number of nitrogens with zero attached hydrogens (tertiary/aromatic N) is 2. The van der Waals surface area contributed by atoms with E-state index < -0.39 is 9.84 Å². The van der Waals surface area contributed by atoms with Crippen LogP contribution in [-0.2, 0) is 9.84 Å². The highest BCUT2D eigenvalue weighted by Crippen LogP contribution is 2.32. The number of hydrogen-bond acceptors (Lipinski definition) is 5. The van der Waals surface area contributed by atoms with Gasteiger partial charge in [0.15, 0.2) is 15.0 Å². The van der Waals surface area contributed by atoms with Gasteiger partial charge in [0.25, 0.3) is 0 Å². The number of aromatic nitrogens is 3. The molecule has 0 radical (unpaired) electrons. The molecule has 0 atom stereocenters. The second kappa shape index (κ2) is 9.28. The van der Waals surface area contributed by atoms with Crippen molar-refractivity contribution >= 4 is 21.6 Å². The summed E-state index contributed by atoms with van der Waals surface area (Å²) < 4.78 is 24.8. The molecule has 152 valence electrons. The molecule has 0 bridgehead atoms. The van der Waals surface area contributed by atoms with E-state index in [1.807, 2.05) is 48.5 Å². The van der Waals surface area contributed by atoms with Crippen LogP contribution in [0.15, 0.2) is 95.2 Å². The van der Waals surface area contributed by atoms with E-state index in [1.54, 1.807) is 0 Å². The standard InChI is InChI=1S/C23H21N3O2S2/c27-30(28,20-12-14-24-15-13-20)17-7-16-29-23-25-21(18-8-3-1-4-9-18)22(26-23)19-10-5-2-6-11-19/h1-6,8-15H,7,16-17H2,(H,25,26). The number of benzene rings is 2. The van der Waals surface area contributed by atoms with Crippen LogP contribution in [0.5, 0.6) is 0 Å². The number of imidazole rings is 1. The predicted molar refractivity (Wildman–Crippen MR) is 121 cm³/mol. The van der Waals surface area contributed by atoms with Gasteiger partial charge in [-0.2, -0.15) is 0 Å². The predicted octanol–water partition coefficient (Wildman–Crippen LogP) is 5.09. The Morgan fingerprint density at radius 1 is 0.833 bits per heavy atom. The maximum atomic E-state index is 12.4. The van der Waals surface area contributed by atoms with Gasteiger partial charge < -0.3 is 4.98 Å². The van der Waals surface area contributed by atoms with Crippen LogP contribution in [0, 0.1) is 0 Å². The van der Waals surface area contributed by atoms with Crippen LogP contribution < -0.4 is 0 Å². The lowest BCUT2D eigenvalue weighted by atomic mass is 10.1. The van der Waals surface area contributed by atoms with Gasteiger partial charge in [0.2, 0.25) is 0 Å². The lowest BCUT2D eigenvalue weighted by Gasteiger charge is -2.03. The molecule has 5 nitrogen and oxygen atoms in total. The highest BCUT2D eigenvalue weighted by atomic mass is 32.2. The van der Waals surface area contributed by atoms with Crippen LogP contribution in [0.4, 0.5) is 0 Å². The molecule has 0 unspecified atom stereocenters. The Bertz CT molecular complexity index is 1140. The van der Waals surface area contributed by atoms with Crippen molar-refractivity contribution in [2.24, 2.45) is 0 Å². The highest BCUT2D eigenvalue weighted by molar-refractivity contribution is 7.99. The summed E-state index contributed by atoms with van der Waals surface area (Å²) in [6, 6.07) is 23.2. The number of hydrogen-bond donors (Lipinski definition) is 1. The lowest BCUT2D eigenvalue weighted by Crippen LogP contribution is -2.07. The average Bonchev–Trinajstić information content (AvgIpc) is 3.23. The SMILES string of the molecule is O=S(=O)(CCCSc1nc(-c2ccccc2)c(-c2ccccc2)[nH]1)c1ccncc1. The van der Waals surface area contributed by atoms with Gasteiger partial charge in [0, 0.05) is 29.3 Å². The average molecular weight is 436 g/mol. The van der Waals surface area contributed by atoms with Crippen molar-refractivity contribution in [3.63, 3.8) is 0 Å². The quantitative estimate of drug-likeness (QED) is 0.308. The van der Waals surface area contributed by atoms with E-state index >= 15 is 0 Å². The number of rotatable bonds is 8. The Balaban J connectivity index is 1.48. The minimum absolute atomic E-state index is 0.0990. The summed E-state index contributed by atoms with van der Waals surface area (Å²) in [7, 11) is -3.29. The van der Waals surface area contributed by atoms with Crippen LogP contribution in [0.2, 0.25) is 0 Å². The molecule has 0 aliphatic rings. The van der Waals surface area contributed by atoms with Crippen LogP contribution in [0.1, 0.15) is 6.42 Å². The van der Waals surface area contributed by atoms with Crippen LogP contribution in [0.3, 0.4) is 0 Å². The monoisotopic (exact) mass is 435 g/mol. The Morgan fingerprint density at radius 3 is 2.13 bits per heavy atom. The molecular weight excluding hydrogens is 414 g/mol. The zero-order valence-corrected chi connectivity index (χ0v) is 17.9. The van der Waals surface area contributed by atoms with Crippen LogP contribution >= 0.6 is 11.8 Å². The van der Waals surface area contributed by atoms with Gasteiger partial charge in [-0.05, 0) is 18.6 Å². The molecule has 0 saturated carbocycles. The third kappa shape index (κ3) is 4.80. The fourth-order valence-electron chi connectivity index (χ4n) is 3.12. The van der Waals surface area contributed by atoms with E-state index in [9.17, 15) is 8.42 Å². The van der Waals surface area contributed by atoms with Gasteiger partial charge in [0.05, 0.1) is 22.0 Å². The van der Waals surface area contributed by atoms with Crippen molar-refractivity contribution < 1.29 is 8.42 Å². The number of aromatic amines is 1. The molecule has 0 aliphatic carbocycles. The van der Waals surface area contributed by atoms with E-state index in [0.717, 1.165) is 27.7 Å². The summed E-state index contributed by atoms with van der Waals surface area (Å²) in [6.07, 6.45) is 3.54. The molecule has 7 heteroatoms. The number of nitrogens with one attached hydrogen (secondary N) is 1. The number of pyridine rings is 1. The van der Waals surface area contributed by atoms with Crippen molar-refractivity contribution in [2.45, 2.75) is 16.5 Å². The molecule has 0 saturated heterocycles. The maximum Gasteiger partial charge on any atom is 0.178 e. The first-order valence-electron chi connectivity index (χ1n) is 9.60. The Morgan fingerprint density at radius 2 is 1.47 bits per heavy atom. The molecular formula is C23H21N3O2S2. The summed E-state index contributed by atoms with van der Waals surface area (Å²) in [6.45, 7) is 0. The third-order valence-electron chi connectivity index (χ3n) is 4.60. The van der Waals surface area contributed by atoms with Crippen LogP contribution in [-0.4, -0.2) is 34.9 Å². The second-order valence-electron chi connectivity index (χ2n) is 6.70. The van der Waals surface area contributed by atoms with E-state index in [1.165, 1.54) is 36.3 Å². The maximum absolute atomic E-state index is 12.4. The van der Waals surface area contributed by atoms with Crippen molar-refractivity contribution in [1.29, 1.82) is 0 Å². The molecule has 0 spiro atoms. The number of H-pyrrole nitrogens is 1. The van der Waals surface area contributed by atoms with Gasteiger partial charge >= 0.3 is 0 Å². The molecule has 2 aromatic heterocycles. The van der Waals surface area contributed by atoms with E-state index in [4.69, 9.17) is 4.98 Å². The largest absolute Gasteiger partial charge is 0.332 e.